The number of aliphatic hydroxyl groups is 2. The number of carbonyl (C=O) groups excluding carboxylic acids is 3. The molecule has 0 spiro atoms. The van der Waals surface area contributed by atoms with Crippen molar-refractivity contribution in [1.29, 1.82) is 0 Å². The van der Waals surface area contributed by atoms with Crippen molar-refractivity contribution in [3.63, 3.8) is 0 Å². The molecule has 0 fully saturated rings. The Morgan fingerprint density at radius 1 is 0.312 bits per heavy atom. The number of phosphoric acid groups is 2. The standard InChI is InChI=1S/C59H116O16P2/c1-4-7-10-13-16-19-22-24-26-28-31-33-36-39-42-45-57(62)69-48-54(60)49-71-76(65,66)72-50-55(61)51-73-77(67,68)74-53-56(75-59(64)47-44-41-38-35-30-21-18-15-12-9-6-3)52-70-58(63)46-43-40-37-34-32-29-27-25-23-20-17-14-11-8-5-2/h54-56,60-61H,4-53H2,1-3H3,(H,65,66)(H,67,68). The first-order chi connectivity index (χ1) is 37.2. The maximum absolute atomic E-state index is 12.8. The van der Waals surface area contributed by atoms with Gasteiger partial charge in [-0.2, -0.15) is 0 Å². The SMILES string of the molecule is CCCCCCCCCCCCCCCCCC(=O)OCC(O)COP(=O)(O)OCC(O)COP(=O)(O)OCC(COC(=O)CCCCCCCCCCCCCCCCC)OC(=O)CCCCCCCCCCCCC. The summed E-state index contributed by atoms with van der Waals surface area (Å²) >= 11 is 0. The van der Waals surface area contributed by atoms with Crippen LogP contribution in [0.15, 0.2) is 0 Å². The van der Waals surface area contributed by atoms with Gasteiger partial charge in [-0.3, -0.25) is 32.5 Å². The molecule has 0 rings (SSSR count). The molecule has 0 heterocycles. The first-order valence-electron chi connectivity index (χ1n) is 31.3. The Morgan fingerprint density at radius 3 is 0.818 bits per heavy atom. The van der Waals surface area contributed by atoms with Gasteiger partial charge in [-0.1, -0.05) is 265 Å². The number of esters is 3. The molecular weight excluding hydrogens is 1030 g/mol. The van der Waals surface area contributed by atoms with Crippen molar-refractivity contribution in [1.82, 2.24) is 0 Å². The van der Waals surface area contributed by atoms with E-state index < -0.39 is 91.5 Å². The predicted molar refractivity (Wildman–Crippen MR) is 307 cm³/mol. The summed E-state index contributed by atoms with van der Waals surface area (Å²) in [4.78, 5) is 58.0. The summed E-state index contributed by atoms with van der Waals surface area (Å²) in [5, 5.41) is 20.4. The lowest BCUT2D eigenvalue weighted by Crippen LogP contribution is -2.30. The monoisotopic (exact) mass is 1140 g/mol. The van der Waals surface area contributed by atoms with Gasteiger partial charge in [-0.15, -0.1) is 0 Å². The number of hydrogen-bond acceptors (Lipinski definition) is 14. The van der Waals surface area contributed by atoms with Gasteiger partial charge in [0.15, 0.2) is 6.10 Å². The molecule has 0 saturated carbocycles. The van der Waals surface area contributed by atoms with Gasteiger partial charge in [-0.25, -0.2) is 9.13 Å². The maximum atomic E-state index is 12.8. The van der Waals surface area contributed by atoms with Gasteiger partial charge in [0, 0.05) is 19.3 Å². The van der Waals surface area contributed by atoms with Crippen LogP contribution in [0.25, 0.3) is 0 Å². The van der Waals surface area contributed by atoms with Crippen molar-refractivity contribution in [2.24, 2.45) is 0 Å². The predicted octanol–water partition coefficient (Wildman–Crippen LogP) is 16.2. The van der Waals surface area contributed by atoms with Crippen molar-refractivity contribution in [2.75, 3.05) is 39.6 Å². The van der Waals surface area contributed by atoms with Crippen LogP contribution in [0.5, 0.6) is 0 Å². The normalized spacial score (nSPS) is 14.4. The van der Waals surface area contributed by atoms with E-state index in [0.29, 0.717) is 19.3 Å². The Balaban J connectivity index is 4.60. The van der Waals surface area contributed by atoms with E-state index in [-0.39, 0.29) is 19.3 Å². The Labute approximate surface area is 468 Å². The number of hydrogen-bond donors (Lipinski definition) is 4. The molecule has 0 amide bonds. The van der Waals surface area contributed by atoms with Crippen LogP contribution in [0, 0.1) is 0 Å². The third-order valence-corrected chi connectivity index (χ3v) is 15.7. The van der Waals surface area contributed by atoms with Crippen LogP contribution < -0.4 is 0 Å². The van der Waals surface area contributed by atoms with E-state index in [9.17, 15) is 43.5 Å². The molecule has 5 atom stereocenters. The molecule has 0 aliphatic rings. The highest BCUT2D eigenvalue weighted by Crippen LogP contribution is 2.45. The smallest absolute Gasteiger partial charge is 0.463 e. The van der Waals surface area contributed by atoms with E-state index >= 15 is 0 Å². The molecule has 18 heteroatoms. The maximum Gasteiger partial charge on any atom is 0.472 e. The lowest BCUT2D eigenvalue weighted by atomic mass is 10.0. The van der Waals surface area contributed by atoms with E-state index in [2.05, 4.69) is 20.8 Å². The molecule has 0 aliphatic carbocycles. The van der Waals surface area contributed by atoms with Crippen molar-refractivity contribution < 1.29 is 75.8 Å². The Kier molecular flexibility index (Phi) is 54.1. The van der Waals surface area contributed by atoms with E-state index in [1.165, 1.54) is 180 Å². The van der Waals surface area contributed by atoms with Crippen LogP contribution in [0.3, 0.4) is 0 Å². The highest BCUT2D eigenvalue weighted by Gasteiger charge is 2.29. The fourth-order valence-corrected chi connectivity index (χ4v) is 10.6. The average Bonchev–Trinajstić information content (AvgIpc) is 3.40. The van der Waals surface area contributed by atoms with Crippen LogP contribution in [0.4, 0.5) is 0 Å². The molecule has 4 N–H and O–H groups in total. The quantitative estimate of drug-likeness (QED) is 0.0192. The minimum absolute atomic E-state index is 0.116. The zero-order valence-corrected chi connectivity index (χ0v) is 51.0. The van der Waals surface area contributed by atoms with E-state index in [4.69, 9.17) is 32.3 Å². The number of unbranched alkanes of at least 4 members (excludes halogenated alkanes) is 38. The molecule has 0 aliphatic heterocycles. The highest BCUT2D eigenvalue weighted by atomic mass is 31.2. The Morgan fingerprint density at radius 2 is 0.532 bits per heavy atom. The summed E-state index contributed by atoms with van der Waals surface area (Å²) in [6.45, 7) is 2.72. The molecule has 5 unspecified atom stereocenters. The summed E-state index contributed by atoms with van der Waals surface area (Å²) in [5.41, 5.74) is 0. The molecule has 77 heavy (non-hydrogen) atoms. The molecule has 458 valence electrons. The van der Waals surface area contributed by atoms with Crippen molar-refractivity contribution in [3.8, 4) is 0 Å². The third kappa shape index (κ3) is 56.2. The Bertz CT molecular complexity index is 1440. The zero-order valence-electron chi connectivity index (χ0n) is 49.2. The molecule has 0 aromatic carbocycles. The topological polar surface area (TPSA) is 231 Å². The lowest BCUT2D eigenvalue weighted by molar-refractivity contribution is -0.161. The summed E-state index contributed by atoms with van der Waals surface area (Å²) in [6, 6.07) is 0. The van der Waals surface area contributed by atoms with E-state index in [1.54, 1.807) is 0 Å². The van der Waals surface area contributed by atoms with Gasteiger partial charge in [0.1, 0.15) is 25.4 Å². The first-order valence-corrected chi connectivity index (χ1v) is 34.3. The third-order valence-electron chi connectivity index (χ3n) is 13.8. The second kappa shape index (κ2) is 55.1. The van der Waals surface area contributed by atoms with Crippen LogP contribution in [0.2, 0.25) is 0 Å². The molecule has 0 radical (unpaired) electrons. The molecular formula is C59H116O16P2. The van der Waals surface area contributed by atoms with Crippen LogP contribution in [-0.4, -0.2) is 95.9 Å². The van der Waals surface area contributed by atoms with Gasteiger partial charge in [0.25, 0.3) is 0 Å². The second-order valence-corrected chi connectivity index (χ2v) is 24.5. The van der Waals surface area contributed by atoms with Gasteiger partial charge in [0.2, 0.25) is 0 Å². The van der Waals surface area contributed by atoms with Crippen molar-refractivity contribution in [2.45, 2.75) is 322 Å². The van der Waals surface area contributed by atoms with Gasteiger partial charge < -0.3 is 34.2 Å². The Hall–Kier alpha value is -1.45. The van der Waals surface area contributed by atoms with Crippen LogP contribution >= 0.6 is 15.6 Å². The van der Waals surface area contributed by atoms with Crippen LogP contribution in [0.1, 0.15) is 303 Å². The minimum Gasteiger partial charge on any atom is -0.463 e. The zero-order chi connectivity index (χ0) is 56.8. The first kappa shape index (κ1) is 75.5. The fourth-order valence-electron chi connectivity index (χ4n) is 8.98. The molecule has 0 aromatic heterocycles. The fraction of sp³-hybridized carbons (Fsp3) is 0.949. The summed E-state index contributed by atoms with van der Waals surface area (Å²) in [6.07, 6.45) is 44.5. The summed E-state index contributed by atoms with van der Waals surface area (Å²) in [7, 11) is -9.73. The summed E-state index contributed by atoms with van der Waals surface area (Å²) in [5.74, 6) is -1.54. The number of carbonyl (C=O) groups is 3. The molecule has 0 saturated heterocycles. The molecule has 0 aromatic rings. The van der Waals surface area contributed by atoms with Crippen molar-refractivity contribution in [3.05, 3.63) is 0 Å². The molecule has 16 nitrogen and oxygen atoms in total. The lowest BCUT2D eigenvalue weighted by Gasteiger charge is -2.21. The highest BCUT2D eigenvalue weighted by molar-refractivity contribution is 7.47. The number of rotatable bonds is 61. The minimum atomic E-state index is -4.90. The number of aliphatic hydroxyl groups excluding tert-OH is 2. The largest absolute Gasteiger partial charge is 0.472 e. The van der Waals surface area contributed by atoms with Gasteiger partial charge >= 0.3 is 33.6 Å². The van der Waals surface area contributed by atoms with Gasteiger partial charge in [-0.05, 0) is 19.3 Å². The number of ether oxygens (including phenoxy) is 3. The van der Waals surface area contributed by atoms with Crippen molar-refractivity contribution >= 4 is 33.6 Å². The molecule has 0 bridgehead atoms. The van der Waals surface area contributed by atoms with Crippen LogP contribution in [-0.2, 0) is 55.8 Å². The van der Waals surface area contributed by atoms with E-state index in [1.807, 2.05) is 0 Å². The summed E-state index contributed by atoms with van der Waals surface area (Å²) < 4.78 is 60.6. The van der Waals surface area contributed by atoms with Gasteiger partial charge in [0.05, 0.1) is 26.4 Å². The second-order valence-electron chi connectivity index (χ2n) is 21.6. The van der Waals surface area contributed by atoms with E-state index in [0.717, 1.165) is 64.2 Å². The number of phosphoric ester groups is 2. The average molecular weight is 1140 g/mol.